The first-order valence-corrected chi connectivity index (χ1v) is 12.9. The number of unbranched alkanes of at least 4 members (excludes halogenated alkanes) is 2. The van der Waals surface area contributed by atoms with Gasteiger partial charge in [0.15, 0.2) is 0 Å². The van der Waals surface area contributed by atoms with Crippen LogP contribution < -0.4 is 0 Å². The van der Waals surface area contributed by atoms with Gasteiger partial charge in [0.25, 0.3) is 0 Å². The monoisotopic (exact) mass is 460 g/mol. The number of nitrogens with zero attached hydrogens (tertiary/aromatic N) is 2. The highest BCUT2D eigenvalue weighted by atomic mass is 32.2. The number of nitriles is 1. The summed E-state index contributed by atoms with van der Waals surface area (Å²) >= 11 is 0. The number of furan rings is 1. The maximum atomic E-state index is 11.1. The first-order valence-electron chi connectivity index (χ1n) is 11.4. The number of pyridine rings is 1. The average molecular weight is 461 g/mol. The van der Waals surface area contributed by atoms with Crippen LogP contribution in [0.2, 0.25) is 0 Å². The highest BCUT2D eigenvalue weighted by molar-refractivity contribution is 7.85. The molecule has 1 aliphatic carbocycles. The predicted molar refractivity (Wildman–Crippen MR) is 119 cm³/mol. The number of aliphatic hydroxyl groups excluding tert-OH is 1. The molecule has 0 bridgehead atoms. The Morgan fingerprint density at radius 2 is 2.03 bits per heavy atom. The van der Waals surface area contributed by atoms with E-state index in [1.165, 1.54) is 6.07 Å². The first-order chi connectivity index (χ1) is 15.3. The molecule has 1 aliphatic rings. The molecule has 2 aromatic rings. The van der Waals surface area contributed by atoms with Gasteiger partial charge in [-0.3, -0.25) is 9.54 Å². The van der Waals surface area contributed by atoms with Crippen molar-refractivity contribution in [3.63, 3.8) is 0 Å². The number of hydrogen-bond acceptors (Lipinski definition) is 6. The summed E-state index contributed by atoms with van der Waals surface area (Å²) in [6.45, 7) is 2.14. The van der Waals surface area contributed by atoms with E-state index >= 15 is 0 Å². The second-order valence-corrected chi connectivity index (χ2v) is 10.1. The van der Waals surface area contributed by atoms with Crippen LogP contribution >= 0.6 is 0 Å². The lowest BCUT2D eigenvalue weighted by Crippen LogP contribution is -2.14. The van der Waals surface area contributed by atoms with Gasteiger partial charge in [0.05, 0.1) is 17.9 Å². The van der Waals surface area contributed by atoms with E-state index in [1.807, 2.05) is 18.3 Å². The lowest BCUT2D eigenvalue weighted by molar-refractivity contribution is 0.159. The summed E-state index contributed by atoms with van der Waals surface area (Å²) in [6.07, 6.45) is 9.10. The summed E-state index contributed by atoms with van der Waals surface area (Å²) in [6, 6.07) is 9.21. The summed E-state index contributed by atoms with van der Waals surface area (Å²) in [4.78, 5) is 4.51. The maximum absolute atomic E-state index is 11.1. The largest absolute Gasteiger partial charge is 0.447 e. The SMILES string of the molecule is CCCCCC(O)c1ccc(C2CCC(C#N)C2CCCc2ccc(S(=O)(=O)O)o2)cn1. The summed E-state index contributed by atoms with van der Waals surface area (Å²) < 4.78 is 36.6. The molecular formula is C24H32N2O5S. The molecule has 2 aromatic heterocycles. The Kier molecular flexibility index (Phi) is 8.46. The van der Waals surface area contributed by atoms with E-state index in [0.29, 0.717) is 17.9 Å². The summed E-state index contributed by atoms with van der Waals surface area (Å²) in [5.74, 6) is 0.912. The Hall–Kier alpha value is -2.21. The molecule has 4 atom stereocenters. The topological polar surface area (TPSA) is 124 Å². The summed E-state index contributed by atoms with van der Waals surface area (Å²) in [7, 11) is -4.33. The van der Waals surface area contributed by atoms with Gasteiger partial charge in [0.1, 0.15) is 5.76 Å². The van der Waals surface area contributed by atoms with Crippen molar-refractivity contribution in [3.05, 3.63) is 47.5 Å². The molecule has 174 valence electrons. The molecule has 0 aromatic carbocycles. The smallest absolute Gasteiger partial charge is 0.328 e. The third-order valence-corrected chi connectivity index (χ3v) is 7.23. The van der Waals surface area contributed by atoms with E-state index in [-0.39, 0.29) is 17.8 Å². The average Bonchev–Trinajstić information content (AvgIpc) is 3.41. The van der Waals surface area contributed by atoms with Crippen molar-refractivity contribution in [1.82, 2.24) is 4.98 Å². The van der Waals surface area contributed by atoms with Gasteiger partial charge in [-0.05, 0) is 67.7 Å². The second-order valence-electron chi connectivity index (χ2n) is 8.70. The van der Waals surface area contributed by atoms with Gasteiger partial charge in [-0.1, -0.05) is 32.3 Å². The molecule has 8 heteroatoms. The third-order valence-electron chi connectivity index (χ3n) is 6.50. The molecule has 7 nitrogen and oxygen atoms in total. The second kappa shape index (κ2) is 11.1. The summed E-state index contributed by atoms with van der Waals surface area (Å²) in [5, 5.41) is 19.5. The normalized spacial score (nSPS) is 22.0. The maximum Gasteiger partial charge on any atom is 0.328 e. The van der Waals surface area contributed by atoms with Crippen LogP contribution in [0.5, 0.6) is 0 Å². The van der Waals surface area contributed by atoms with Crippen molar-refractivity contribution >= 4 is 10.1 Å². The van der Waals surface area contributed by atoms with Crippen molar-refractivity contribution in [3.8, 4) is 6.07 Å². The van der Waals surface area contributed by atoms with E-state index < -0.39 is 21.3 Å². The van der Waals surface area contributed by atoms with Crippen LogP contribution in [0.1, 0.15) is 87.3 Å². The van der Waals surface area contributed by atoms with E-state index in [9.17, 15) is 18.8 Å². The molecule has 32 heavy (non-hydrogen) atoms. The molecule has 0 radical (unpaired) electrons. The zero-order valence-electron chi connectivity index (χ0n) is 18.5. The number of rotatable bonds is 11. The summed E-state index contributed by atoms with van der Waals surface area (Å²) in [5.41, 5.74) is 1.80. The third kappa shape index (κ3) is 6.18. The van der Waals surface area contributed by atoms with Crippen LogP contribution in [-0.2, 0) is 16.5 Å². The zero-order chi connectivity index (χ0) is 23.1. The minimum absolute atomic E-state index is 0.0238. The molecule has 3 rings (SSSR count). The molecule has 4 unspecified atom stereocenters. The number of aliphatic hydroxyl groups is 1. The molecule has 2 heterocycles. The van der Waals surface area contributed by atoms with Crippen molar-refractivity contribution < 1.29 is 22.5 Å². The lowest BCUT2D eigenvalue weighted by atomic mass is 9.82. The Labute approximate surface area is 190 Å². The fourth-order valence-electron chi connectivity index (χ4n) is 4.76. The van der Waals surface area contributed by atoms with Crippen LogP contribution in [0.25, 0.3) is 0 Å². The molecule has 1 fully saturated rings. The van der Waals surface area contributed by atoms with Crippen LogP contribution in [0.3, 0.4) is 0 Å². The fourth-order valence-corrected chi connectivity index (χ4v) is 5.21. The molecule has 1 saturated carbocycles. The van der Waals surface area contributed by atoms with Gasteiger partial charge >= 0.3 is 10.1 Å². The number of aryl methyl sites for hydroxylation is 1. The molecule has 0 spiro atoms. The van der Waals surface area contributed by atoms with Gasteiger partial charge in [-0.25, -0.2) is 0 Å². The van der Waals surface area contributed by atoms with Gasteiger partial charge in [-0.2, -0.15) is 13.7 Å². The Balaban J connectivity index is 1.61. The van der Waals surface area contributed by atoms with Crippen LogP contribution in [0.15, 0.2) is 40.0 Å². The van der Waals surface area contributed by atoms with E-state index in [2.05, 4.69) is 18.0 Å². The highest BCUT2D eigenvalue weighted by Gasteiger charge is 2.36. The predicted octanol–water partition coefficient (Wildman–Crippen LogP) is 5.19. The van der Waals surface area contributed by atoms with Gasteiger partial charge < -0.3 is 9.52 Å². The Morgan fingerprint density at radius 1 is 1.22 bits per heavy atom. The standard InChI is InChI=1S/C24H32N2O5S/c1-2-3-4-8-23(27)22-13-10-18(16-26-22)21-12-9-17(15-25)20(21)7-5-6-19-11-14-24(31-19)32(28,29)30/h10-11,13-14,16-17,20-21,23,27H,2-9,12H2,1H3,(H,28,29,30). The van der Waals surface area contributed by atoms with Crippen molar-refractivity contribution in [2.45, 2.75) is 81.8 Å². The number of aromatic nitrogens is 1. The fraction of sp³-hybridized carbons (Fsp3) is 0.583. The zero-order valence-corrected chi connectivity index (χ0v) is 19.3. The van der Waals surface area contributed by atoms with Crippen LogP contribution in [0.4, 0.5) is 0 Å². The minimum Gasteiger partial charge on any atom is -0.447 e. The van der Waals surface area contributed by atoms with E-state index in [1.54, 1.807) is 6.07 Å². The highest BCUT2D eigenvalue weighted by Crippen LogP contribution is 2.45. The molecule has 2 N–H and O–H groups in total. The lowest BCUT2D eigenvalue weighted by Gasteiger charge is -2.22. The number of hydrogen-bond donors (Lipinski definition) is 2. The van der Waals surface area contributed by atoms with Gasteiger partial charge in [0.2, 0.25) is 5.09 Å². The quantitative estimate of drug-likeness (QED) is 0.349. The Bertz CT molecular complexity index is 1010. The van der Waals surface area contributed by atoms with Crippen LogP contribution in [0, 0.1) is 23.2 Å². The molecular weight excluding hydrogens is 428 g/mol. The minimum atomic E-state index is -4.33. The van der Waals surface area contributed by atoms with Crippen molar-refractivity contribution in [2.75, 3.05) is 0 Å². The van der Waals surface area contributed by atoms with E-state index in [0.717, 1.165) is 56.9 Å². The van der Waals surface area contributed by atoms with Crippen LogP contribution in [-0.4, -0.2) is 23.1 Å². The van der Waals surface area contributed by atoms with Crippen molar-refractivity contribution in [1.29, 1.82) is 5.26 Å². The Morgan fingerprint density at radius 3 is 2.66 bits per heavy atom. The molecule has 0 saturated heterocycles. The van der Waals surface area contributed by atoms with E-state index in [4.69, 9.17) is 8.97 Å². The van der Waals surface area contributed by atoms with Gasteiger partial charge in [-0.15, -0.1) is 0 Å². The van der Waals surface area contributed by atoms with Gasteiger partial charge in [0, 0.05) is 18.5 Å². The molecule has 0 aliphatic heterocycles. The van der Waals surface area contributed by atoms with Crippen molar-refractivity contribution in [2.24, 2.45) is 11.8 Å². The molecule has 0 amide bonds. The first kappa shape index (κ1) is 24.4.